The molecule has 4 heteroatoms. The highest BCUT2D eigenvalue weighted by molar-refractivity contribution is 5.91. The quantitative estimate of drug-likeness (QED) is 0.641. The zero-order valence-electron chi connectivity index (χ0n) is 16.1. The lowest BCUT2D eigenvalue weighted by Crippen LogP contribution is -2.21. The van der Waals surface area contributed by atoms with Crippen LogP contribution in [0.15, 0.2) is 60.7 Å². The lowest BCUT2D eigenvalue weighted by molar-refractivity contribution is 0.0695. The third-order valence-corrected chi connectivity index (χ3v) is 5.12. The molecule has 1 aromatic heterocycles. The second-order valence-electron chi connectivity index (χ2n) is 6.94. The first-order valence-corrected chi connectivity index (χ1v) is 9.25. The van der Waals surface area contributed by atoms with Gasteiger partial charge in [-0.1, -0.05) is 55.5 Å². The van der Waals surface area contributed by atoms with Crippen LogP contribution < -0.4 is 5.32 Å². The first kappa shape index (κ1) is 18.9. The van der Waals surface area contributed by atoms with Gasteiger partial charge in [-0.15, -0.1) is 0 Å². The molecule has 27 heavy (non-hydrogen) atoms. The molecular formula is C23H26N2O2. The molecule has 1 heterocycles. The van der Waals surface area contributed by atoms with Gasteiger partial charge < -0.3 is 15.0 Å². The van der Waals surface area contributed by atoms with Gasteiger partial charge in [-0.2, -0.15) is 0 Å². The first-order chi connectivity index (χ1) is 13.0. The van der Waals surface area contributed by atoms with Crippen molar-refractivity contribution in [2.45, 2.75) is 33.2 Å². The molecule has 0 amide bonds. The molecule has 0 fully saturated rings. The summed E-state index contributed by atoms with van der Waals surface area (Å²) >= 11 is 0. The summed E-state index contributed by atoms with van der Waals surface area (Å²) in [6.07, 6.45) is 0. The van der Waals surface area contributed by atoms with Gasteiger partial charge in [0.2, 0.25) is 0 Å². The smallest absolute Gasteiger partial charge is 0.337 e. The number of aromatic nitrogens is 1. The number of benzene rings is 2. The molecule has 0 aliphatic rings. The van der Waals surface area contributed by atoms with E-state index in [0.717, 1.165) is 29.2 Å². The summed E-state index contributed by atoms with van der Waals surface area (Å²) in [7, 11) is 0. The predicted molar refractivity (Wildman–Crippen MR) is 109 cm³/mol. The highest BCUT2D eigenvalue weighted by Gasteiger charge is 2.23. The molecule has 1 atom stereocenters. The fourth-order valence-electron chi connectivity index (χ4n) is 3.68. The van der Waals surface area contributed by atoms with E-state index in [1.54, 1.807) is 0 Å². The molecule has 140 valence electrons. The van der Waals surface area contributed by atoms with Crippen molar-refractivity contribution in [1.82, 2.24) is 9.88 Å². The number of hydrogen-bond acceptors (Lipinski definition) is 2. The van der Waals surface area contributed by atoms with Crippen LogP contribution >= 0.6 is 0 Å². The Kier molecular flexibility index (Phi) is 5.77. The number of nitrogens with one attached hydrogen (secondary N) is 1. The van der Waals surface area contributed by atoms with E-state index in [9.17, 15) is 9.90 Å². The molecule has 2 N–H and O–H groups in total. The Morgan fingerprint density at radius 2 is 1.59 bits per heavy atom. The molecule has 3 aromatic rings. The van der Waals surface area contributed by atoms with Crippen LogP contribution in [0.25, 0.3) is 5.69 Å². The van der Waals surface area contributed by atoms with Crippen molar-refractivity contribution >= 4 is 5.97 Å². The molecule has 2 aromatic carbocycles. The van der Waals surface area contributed by atoms with Gasteiger partial charge in [0.25, 0.3) is 0 Å². The number of aromatic carboxylic acids is 1. The third-order valence-electron chi connectivity index (χ3n) is 5.12. The second-order valence-corrected chi connectivity index (χ2v) is 6.94. The van der Waals surface area contributed by atoms with E-state index in [1.165, 1.54) is 5.56 Å². The summed E-state index contributed by atoms with van der Waals surface area (Å²) in [5.41, 5.74) is 5.24. The fraction of sp³-hybridized carbons (Fsp3) is 0.261. The van der Waals surface area contributed by atoms with Crippen LogP contribution in [0.5, 0.6) is 0 Å². The summed E-state index contributed by atoms with van der Waals surface area (Å²) < 4.78 is 2.03. The molecule has 0 bridgehead atoms. The van der Waals surface area contributed by atoms with Crippen molar-refractivity contribution < 1.29 is 9.90 Å². The van der Waals surface area contributed by atoms with Crippen LogP contribution in [0.2, 0.25) is 0 Å². The van der Waals surface area contributed by atoms with Gasteiger partial charge in [0.1, 0.15) is 0 Å². The van der Waals surface area contributed by atoms with Gasteiger partial charge >= 0.3 is 5.97 Å². The Bertz CT molecular complexity index is 915. The average molecular weight is 362 g/mol. The monoisotopic (exact) mass is 362 g/mol. The van der Waals surface area contributed by atoms with Gasteiger partial charge in [0.05, 0.1) is 5.56 Å². The minimum absolute atomic E-state index is 0.358. The van der Waals surface area contributed by atoms with E-state index in [4.69, 9.17) is 0 Å². The van der Waals surface area contributed by atoms with E-state index < -0.39 is 5.97 Å². The number of carboxylic acid groups (broad SMARTS) is 1. The fourth-order valence-corrected chi connectivity index (χ4v) is 3.68. The third kappa shape index (κ3) is 3.96. The summed E-state index contributed by atoms with van der Waals surface area (Å²) in [6.45, 7) is 7.36. The Morgan fingerprint density at radius 1 is 1.00 bits per heavy atom. The van der Waals surface area contributed by atoms with Crippen LogP contribution in [0.1, 0.15) is 45.7 Å². The Morgan fingerprint density at radius 3 is 2.19 bits per heavy atom. The van der Waals surface area contributed by atoms with Gasteiger partial charge in [-0.3, -0.25) is 0 Å². The lowest BCUT2D eigenvalue weighted by atomic mass is 10.0. The molecule has 0 radical (unpaired) electrons. The zero-order chi connectivity index (χ0) is 19.4. The zero-order valence-corrected chi connectivity index (χ0v) is 16.1. The average Bonchev–Trinajstić information content (AvgIpc) is 2.93. The first-order valence-electron chi connectivity index (χ1n) is 9.25. The summed E-state index contributed by atoms with van der Waals surface area (Å²) in [5.74, 6) is -0.518. The summed E-state index contributed by atoms with van der Waals surface area (Å²) in [4.78, 5) is 11.9. The van der Waals surface area contributed by atoms with Crippen LogP contribution in [0.3, 0.4) is 0 Å². The van der Waals surface area contributed by atoms with Crippen molar-refractivity contribution in [2.24, 2.45) is 0 Å². The normalized spacial score (nSPS) is 12.1. The topological polar surface area (TPSA) is 54.3 Å². The van der Waals surface area contributed by atoms with Crippen molar-refractivity contribution in [1.29, 1.82) is 0 Å². The number of para-hydroxylation sites is 1. The molecule has 0 spiro atoms. The molecule has 0 saturated carbocycles. The number of hydrogen-bond donors (Lipinski definition) is 2. The molecule has 3 rings (SSSR count). The standard InChI is InChI=1S/C23H26N2O2/c1-16(19-10-6-4-7-11-19)14-24-15-21-17(2)25(18(3)22(21)23(26)27)20-12-8-5-9-13-20/h4-13,16,24H,14-15H2,1-3H3,(H,26,27). The van der Waals surface area contributed by atoms with Gasteiger partial charge in [-0.05, 0) is 37.5 Å². The van der Waals surface area contributed by atoms with Crippen molar-refractivity contribution in [3.8, 4) is 5.69 Å². The van der Waals surface area contributed by atoms with Crippen LogP contribution in [-0.2, 0) is 6.54 Å². The number of carbonyl (C=O) groups is 1. The number of carboxylic acids is 1. The van der Waals surface area contributed by atoms with Gasteiger partial charge in [0, 0.05) is 35.7 Å². The van der Waals surface area contributed by atoms with Crippen LogP contribution in [-0.4, -0.2) is 22.2 Å². The summed E-state index contributed by atoms with van der Waals surface area (Å²) in [6, 6.07) is 20.2. The molecule has 0 aliphatic heterocycles. The molecule has 4 nitrogen and oxygen atoms in total. The largest absolute Gasteiger partial charge is 0.478 e. The Balaban J connectivity index is 1.84. The van der Waals surface area contributed by atoms with Gasteiger partial charge in [0.15, 0.2) is 0 Å². The maximum atomic E-state index is 11.9. The van der Waals surface area contributed by atoms with Crippen molar-refractivity contribution in [2.75, 3.05) is 6.54 Å². The van der Waals surface area contributed by atoms with E-state index >= 15 is 0 Å². The molecular weight excluding hydrogens is 336 g/mol. The Labute approximate surface area is 160 Å². The molecule has 1 unspecified atom stereocenters. The lowest BCUT2D eigenvalue weighted by Gasteiger charge is -2.14. The maximum Gasteiger partial charge on any atom is 0.337 e. The number of nitrogens with zero attached hydrogens (tertiary/aromatic N) is 1. The SMILES string of the molecule is Cc1c(CNCC(C)c2ccccc2)c(C(=O)O)c(C)n1-c1ccccc1. The van der Waals surface area contributed by atoms with E-state index in [-0.39, 0.29) is 0 Å². The maximum absolute atomic E-state index is 11.9. The second kappa shape index (κ2) is 8.23. The highest BCUT2D eigenvalue weighted by Crippen LogP contribution is 2.26. The van der Waals surface area contributed by atoms with Crippen LogP contribution in [0.4, 0.5) is 0 Å². The minimum Gasteiger partial charge on any atom is -0.478 e. The minimum atomic E-state index is -0.877. The number of rotatable bonds is 7. The Hall–Kier alpha value is -2.85. The molecule has 0 saturated heterocycles. The van der Waals surface area contributed by atoms with Crippen molar-refractivity contribution in [3.05, 3.63) is 88.7 Å². The summed E-state index contributed by atoms with van der Waals surface area (Å²) in [5, 5.41) is 13.2. The molecule has 0 aliphatic carbocycles. The van der Waals surface area contributed by atoms with E-state index in [0.29, 0.717) is 18.0 Å². The van der Waals surface area contributed by atoms with E-state index in [2.05, 4.69) is 24.4 Å². The van der Waals surface area contributed by atoms with Crippen molar-refractivity contribution in [3.63, 3.8) is 0 Å². The van der Waals surface area contributed by atoms with Crippen LogP contribution in [0, 0.1) is 13.8 Å². The highest BCUT2D eigenvalue weighted by atomic mass is 16.4. The van der Waals surface area contributed by atoms with E-state index in [1.807, 2.05) is 66.9 Å². The predicted octanol–water partition coefficient (Wildman–Crippen LogP) is 4.69. The van der Waals surface area contributed by atoms with Gasteiger partial charge in [-0.25, -0.2) is 4.79 Å².